The van der Waals surface area contributed by atoms with Crippen LogP contribution in [0.5, 0.6) is 0 Å². The van der Waals surface area contributed by atoms with E-state index in [1.54, 1.807) is 35.2 Å². The van der Waals surface area contributed by atoms with Crippen molar-refractivity contribution in [2.24, 2.45) is 0 Å². The molecule has 94 valence electrons. The largest absolute Gasteiger partial charge is 0.478 e. The Hall–Kier alpha value is -1.26. The number of hydrogen-bond donors (Lipinski definition) is 1. The topological polar surface area (TPSA) is 37.3 Å². The zero-order valence-electron chi connectivity index (χ0n) is 10.3. The molecule has 0 saturated heterocycles. The van der Waals surface area contributed by atoms with Crippen molar-refractivity contribution in [3.05, 3.63) is 51.2 Å². The predicted octanol–water partition coefficient (Wildman–Crippen LogP) is 4.36. The van der Waals surface area contributed by atoms with Crippen molar-refractivity contribution in [2.75, 3.05) is 0 Å². The second-order valence-electron chi connectivity index (χ2n) is 4.03. The van der Waals surface area contributed by atoms with Gasteiger partial charge in [0.2, 0.25) is 0 Å². The Morgan fingerprint density at radius 1 is 1.33 bits per heavy atom. The smallest absolute Gasteiger partial charge is 0.335 e. The number of thioether (sulfide) groups is 1. The van der Waals surface area contributed by atoms with Crippen molar-refractivity contribution in [3.8, 4) is 0 Å². The van der Waals surface area contributed by atoms with Gasteiger partial charge < -0.3 is 5.11 Å². The summed E-state index contributed by atoms with van der Waals surface area (Å²) < 4.78 is 0. The van der Waals surface area contributed by atoms with E-state index in [0.717, 1.165) is 5.56 Å². The summed E-state index contributed by atoms with van der Waals surface area (Å²) in [6.07, 6.45) is 0. The predicted molar refractivity (Wildman–Crippen MR) is 76.8 cm³/mol. The summed E-state index contributed by atoms with van der Waals surface area (Å²) in [5.41, 5.74) is 1.27. The minimum atomic E-state index is -0.857. The Bertz CT molecular complexity index is 573. The van der Waals surface area contributed by atoms with Gasteiger partial charge in [-0.05, 0) is 31.5 Å². The van der Waals surface area contributed by atoms with Gasteiger partial charge in [0.15, 0.2) is 0 Å². The first-order valence-electron chi connectivity index (χ1n) is 5.59. The normalized spacial score (nSPS) is 10.6. The lowest BCUT2D eigenvalue weighted by Crippen LogP contribution is -2.00. The average Bonchev–Trinajstić information content (AvgIpc) is 2.65. The minimum Gasteiger partial charge on any atom is -0.478 e. The quantitative estimate of drug-likeness (QED) is 0.845. The van der Waals surface area contributed by atoms with Crippen LogP contribution in [0.3, 0.4) is 0 Å². The second-order valence-corrected chi connectivity index (χ2v) is 6.51. The van der Waals surface area contributed by atoms with Crippen molar-refractivity contribution >= 4 is 29.1 Å². The molecule has 1 heterocycles. The number of carbonyl (C=O) groups is 1. The first-order valence-corrected chi connectivity index (χ1v) is 7.39. The van der Waals surface area contributed by atoms with Gasteiger partial charge in [0.05, 0.1) is 5.56 Å². The van der Waals surface area contributed by atoms with Gasteiger partial charge in [-0.1, -0.05) is 18.2 Å². The molecule has 1 aromatic carbocycles. The van der Waals surface area contributed by atoms with Gasteiger partial charge in [0, 0.05) is 20.4 Å². The lowest BCUT2D eigenvalue weighted by atomic mass is 10.1. The van der Waals surface area contributed by atoms with E-state index >= 15 is 0 Å². The first kappa shape index (κ1) is 13.2. The molecule has 1 N–H and O–H groups in total. The fraction of sp³-hybridized carbons (Fsp3) is 0.214. The van der Waals surface area contributed by atoms with Crippen molar-refractivity contribution in [1.29, 1.82) is 0 Å². The third-order valence-electron chi connectivity index (χ3n) is 2.63. The van der Waals surface area contributed by atoms with Crippen LogP contribution >= 0.6 is 23.1 Å². The molecule has 0 unspecified atom stereocenters. The van der Waals surface area contributed by atoms with Crippen molar-refractivity contribution in [3.63, 3.8) is 0 Å². The fourth-order valence-electron chi connectivity index (χ4n) is 1.76. The maximum Gasteiger partial charge on any atom is 0.335 e. The second kappa shape index (κ2) is 5.59. The van der Waals surface area contributed by atoms with Crippen molar-refractivity contribution in [2.45, 2.75) is 24.5 Å². The molecule has 0 aliphatic heterocycles. The number of aromatic carboxylic acids is 1. The number of benzene rings is 1. The highest BCUT2D eigenvalue weighted by Gasteiger charge is 2.10. The molecule has 0 aliphatic rings. The van der Waals surface area contributed by atoms with Crippen molar-refractivity contribution < 1.29 is 9.90 Å². The van der Waals surface area contributed by atoms with E-state index in [4.69, 9.17) is 5.11 Å². The Morgan fingerprint density at radius 2 is 2.06 bits per heavy atom. The van der Waals surface area contributed by atoms with Gasteiger partial charge in [-0.2, -0.15) is 0 Å². The lowest BCUT2D eigenvalue weighted by molar-refractivity contribution is 0.0696. The third kappa shape index (κ3) is 2.94. The molecule has 0 radical (unpaired) electrons. The SMILES string of the molecule is Cc1cc(SCc2ccccc2C(=O)O)c(C)s1. The lowest BCUT2D eigenvalue weighted by Gasteiger charge is -2.05. The Morgan fingerprint density at radius 3 is 2.67 bits per heavy atom. The number of thiophene rings is 1. The molecule has 0 bridgehead atoms. The molecule has 2 rings (SSSR count). The van der Waals surface area contributed by atoms with E-state index in [0.29, 0.717) is 11.3 Å². The van der Waals surface area contributed by atoms with E-state index in [2.05, 4.69) is 19.9 Å². The standard InChI is InChI=1S/C14H14O2S2/c1-9-7-13(10(2)18-9)17-8-11-5-3-4-6-12(11)14(15)16/h3-7H,8H2,1-2H3,(H,15,16). The molecule has 0 aliphatic carbocycles. The fourth-order valence-corrected chi connectivity index (χ4v) is 3.98. The number of carboxylic acid groups (broad SMARTS) is 1. The van der Waals surface area contributed by atoms with E-state index in [1.165, 1.54) is 14.6 Å². The summed E-state index contributed by atoms with van der Waals surface area (Å²) in [5, 5.41) is 9.11. The summed E-state index contributed by atoms with van der Waals surface area (Å²) in [4.78, 5) is 14.9. The van der Waals surface area contributed by atoms with Crippen LogP contribution in [0.25, 0.3) is 0 Å². The van der Waals surface area contributed by atoms with Crippen LogP contribution in [0.2, 0.25) is 0 Å². The molecule has 4 heteroatoms. The van der Waals surface area contributed by atoms with E-state index < -0.39 is 5.97 Å². The Balaban J connectivity index is 2.15. The molecule has 2 nitrogen and oxygen atoms in total. The highest BCUT2D eigenvalue weighted by molar-refractivity contribution is 7.98. The van der Waals surface area contributed by atoms with Gasteiger partial charge in [0.1, 0.15) is 0 Å². The molecular weight excluding hydrogens is 264 g/mol. The molecule has 0 amide bonds. The number of rotatable bonds is 4. The summed E-state index contributed by atoms with van der Waals surface area (Å²) in [6, 6.07) is 9.34. The Labute approximate surface area is 115 Å². The van der Waals surface area contributed by atoms with Gasteiger partial charge in [0.25, 0.3) is 0 Å². The zero-order valence-corrected chi connectivity index (χ0v) is 11.9. The van der Waals surface area contributed by atoms with E-state index in [9.17, 15) is 4.79 Å². The summed E-state index contributed by atoms with van der Waals surface area (Å²) in [5.74, 6) is -0.163. The number of carboxylic acids is 1. The Kier molecular flexibility index (Phi) is 4.09. The summed E-state index contributed by atoms with van der Waals surface area (Å²) >= 11 is 3.48. The molecule has 0 fully saturated rings. The van der Waals surface area contributed by atoms with E-state index in [-0.39, 0.29) is 0 Å². The van der Waals surface area contributed by atoms with Crippen LogP contribution < -0.4 is 0 Å². The zero-order chi connectivity index (χ0) is 13.1. The van der Waals surface area contributed by atoms with Crippen LogP contribution in [0, 0.1) is 13.8 Å². The van der Waals surface area contributed by atoms with Crippen LogP contribution in [0.15, 0.2) is 35.2 Å². The highest BCUT2D eigenvalue weighted by atomic mass is 32.2. The molecule has 18 heavy (non-hydrogen) atoms. The highest BCUT2D eigenvalue weighted by Crippen LogP contribution is 2.32. The molecule has 0 saturated carbocycles. The monoisotopic (exact) mass is 278 g/mol. The van der Waals surface area contributed by atoms with Crippen LogP contribution in [-0.2, 0) is 5.75 Å². The van der Waals surface area contributed by atoms with E-state index in [1.807, 2.05) is 12.1 Å². The van der Waals surface area contributed by atoms with Crippen molar-refractivity contribution in [1.82, 2.24) is 0 Å². The maximum absolute atomic E-state index is 11.1. The van der Waals surface area contributed by atoms with Crippen LogP contribution in [-0.4, -0.2) is 11.1 Å². The van der Waals surface area contributed by atoms with Gasteiger partial charge >= 0.3 is 5.97 Å². The van der Waals surface area contributed by atoms with Gasteiger partial charge in [-0.25, -0.2) is 4.79 Å². The third-order valence-corrected chi connectivity index (χ3v) is 4.91. The molecule has 0 atom stereocenters. The molecule has 0 spiro atoms. The molecule has 1 aromatic heterocycles. The summed E-state index contributed by atoms with van der Waals surface area (Å²) in [6.45, 7) is 4.19. The van der Waals surface area contributed by atoms with Gasteiger partial charge in [-0.3, -0.25) is 0 Å². The van der Waals surface area contributed by atoms with Gasteiger partial charge in [-0.15, -0.1) is 23.1 Å². The number of aryl methyl sites for hydroxylation is 2. The van der Waals surface area contributed by atoms with Crippen LogP contribution in [0.4, 0.5) is 0 Å². The van der Waals surface area contributed by atoms with Crippen LogP contribution in [0.1, 0.15) is 25.7 Å². The maximum atomic E-state index is 11.1. The minimum absolute atomic E-state index is 0.398. The molecule has 2 aromatic rings. The summed E-state index contributed by atoms with van der Waals surface area (Å²) in [7, 11) is 0. The first-order chi connectivity index (χ1) is 8.58. The number of hydrogen-bond acceptors (Lipinski definition) is 3. The average molecular weight is 278 g/mol. The molecular formula is C14H14O2S2.